The Hall–Kier alpha value is -3.49. The Morgan fingerprint density at radius 1 is 1.07 bits per heavy atom. The van der Waals surface area contributed by atoms with Gasteiger partial charge in [0.15, 0.2) is 0 Å². The molecule has 0 saturated heterocycles. The van der Waals surface area contributed by atoms with Crippen LogP contribution in [0.15, 0.2) is 61.2 Å². The van der Waals surface area contributed by atoms with Crippen molar-refractivity contribution in [3.05, 3.63) is 83.7 Å². The maximum Gasteiger partial charge on any atom is 0.416 e. The second-order valence-corrected chi connectivity index (χ2v) is 6.48. The second kappa shape index (κ2) is 7.16. The first-order valence-corrected chi connectivity index (χ1v) is 8.75. The molecule has 1 unspecified atom stereocenters. The van der Waals surface area contributed by atoms with Crippen molar-refractivity contribution in [1.82, 2.24) is 20.3 Å². The zero-order valence-electron chi connectivity index (χ0n) is 15.0. The molecule has 2 aromatic heterocycles. The summed E-state index contributed by atoms with van der Waals surface area (Å²) in [5.41, 5.74) is -0.910. The highest BCUT2D eigenvalue weighted by atomic mass is 19.4. The quantitative estimate of drug-likeness (QED) is 0.730. The molecule has 0 radical (unpaired) electrons. The number of hydrogen-bond acceptors (Lipinski definition) is 5. The molecule has 4 rings (SSSR count). The molecule has 0 aliphatic carbocycles. The molecule has 0 spiro atoms. The van der Waals surface area contributed by atoms with E-state index in [1.165, 1.54) is 30.7 Å². The maximum atomic E-state index is 13.0. The SMILES string of the molecule is O=C(NC1(c2ccc(C(F)(F)F)cc2)CCOc2cccnc21)c1ccncn1. The van der Waals surface area contributed by atoms with E-state index in [-0.39, 0.29) is 12.3 Å². The van der Waals surface area contributed by atoms with Gasteiger partial charge in [0.2, 0.25) is 0 Å². The Morgan fingerprint density at radius 2 is 1.86 bits per heavy atom. The van der Waals surface area contributed by atoms with E-state index in [0.29, 0.717) is 23.4 Å². The summed E-state index contributed by atoms with van der Waals surface area (Å²) >= 11 is 0. The van der Waals surface area contributed by atoms with Crippen molar-refractivity contribution in [1.29, 1.82) is 0 Å². The van der Waals surface area contributed by atoms with Gasteiger partial charge in [0.05, 0.1) is 12.2 Å². The van der Waals surface area contributed by atoms with Gasteiger partial charge in [-0.15, -0.1) is 0 Å². The molecule has 1 aliphatic rings. The molecule has 3 heterocycles. The summed E-state index contributed by atoms with van der Waals surface area (Å²) in [4.78, 5) is 25.0. The van der Waals surface area contributed by atoms with E-state index in [2.05, 4.69) is 20.3 Å². The molecule has 0 saturated carbocycles. The number of nitrogens with one attached hydrogen (secondary N) is 1. The summed E-state index contributed by atoms with van der Waals surface area (Å²) in [5.74, 6) is -0.0348. The minimum atomic E-state index is -4.46. The third-order valence-electron chi connectivity index (χ3n) is 4.76. The van der Waals surface area contributed by atoms with Crippen LogP contribution >= 0.6 is 0 Å². The lowest BCUT2D eigenvalue weighted by atomic mass is 9.81. The molecule has 148 valence electrons. The average molecular weight is 400 g/mol. The molecule has 1 N–H and O–H groups in total. The van der Waals surface area contributed by atoms with E-state index in [1.54, 1.807) is 18.3 Å². The van der Waals surface area contributed by atoms with Crippen LogP contribution < -0.4 is 10.1 Å². The highest BCUT2D eigenvalue weighted by molar-refractivity contribution is 5.93. The molecule has 0 bridgehead atoms. The third-order valence-corrected chi connectivity index (χ3v) is 4.76. The van der Waals surface area contributed by atoms with Crippen molar-refractivity contribution in [2.24, 2.45) is 0 Å². The van der Waals surface area contributed by atoms with Crippen molar-refractivity contribution >= 4 is 5.91 Å². The number of aromatic nitrogens is 3. The number of fused-ring (bicyclic) bond motifs is 1. The molecule has 1 atom stereocenters. The molecule has 9 heteroatoms. The van der Waals surface area contributed by atoms with Crippen molar-refractivity contribution < 1.29 is 22.7 Å². The van der Waals surface area contributed by atoms with Crippen LogP contribution in [0, 0.1) is 0 Å². The van der Waals surface area contributed by atoms with Crippen LogP contribution in [0.3, 0.4) is 0 Å². The minimum absolute atomic E-state index is 0.134. The summed E-state index contributed by atoms with van der Waals surface area (Å²) < 4.78 is 44.7. The van der Waals surface area contributed by atoms with Gasteiger partial charge in [-0.05, 0) is 35.9 Å². The van der Waals surface area contributed by atoms with Gasteiger partial charge in [0.1, 0.15) is 29.0 Å². The number of carbonyl (C=O) groups excluding carboxylic acids is 1. The van der Waals surface area contributed by atoms with Gasteiger partial charge >= 0.3 is 6.18 Å². The molecule has 6 nitrogen and oxygen atoms in total. The van der Waals surface area contributed by atoms with Crippen LogP contribution in [0.25, 0.3) is 0 Å². The van der Waals surface area contributed by atoms with Crippen LogP contribution in [0.5, 0.6) is 5.75 Å². The Bertz CT molecular complexity index is 1030. The number of hydrogen-bond donors (Lipinski definition) is 1. The summed E-state index contributed by atoms with van der Waals surface area (Å²) in [5, 5.41) is 2.93. The Balaban J connectivity index is 1.82. The lowest BCUT2D eigenvalue weighted by Crippen LogP contribution is -2.50. The lowest BCUT2D eigenvalue weighted by Gasteiger charge is -2.39. The van der Waals surface area contributed by atoms with Crippen molar-refractivity contribution in [3.8, 4) is 5.75 Å². The fourth-order valence-electron chi connectivity index (χ4n) is 3.36. The number of amides is 1. The lowest BCUT2D eigenvalue weighted by molar-refractivity contribution is -0.137. The number of alkyl halides is 3. The van der Waals surface area contributed by atoms with E-state index < -0.39 is 23.2 Å². The van der Waals surface area contributed by atoms with Crippen LogP contribution in [0.4, 0.5) is 13.2 Å². The molecular weight excluding hydrogens is 385 g/mol. The fourth-order valence-corrected chi connectivity index (χ4v) is 3.36. The van der Waals surface area contributed by atoms with E-state index >= 15 is 0 Å². The second-order valence-electron chi connectivity index (χ2n) is 6.48. The number of halogens is 3. The van der Waals surface area contributed by atoms with E-state index in [9.17, 15) is 18.0 Å². The normalized spacial score (nSPS) is 18.4. The summed E-state index contributed by atoms with van der Waals surface area (Å²) in [6.07, 6.45) is 0.0584. The summed E-state index contributed by atoms with van der Waals surface area (Å²) in [6, 6.07) is 9.54. The van der Waals surface area contributed by atoms with Gasteiger partial charge in [0, 0.05) is 18.8 Å². The van der Waals surface area contributed by atoms with Gasteiger partial charge in [-0.3, -0.25) is 9.78 Å². The van der Waals surface area contributed by atoms with Gasteiger partial charge in [-0.1, -0.05) is 12.1 Å². The van der Waals surface area contributed by atoms with Gasteiger partial charge in [-0.2, -0.15) is 13.2 Å². The molecule has 1 amide bonds. The largest absolute Gasteiger partial charge is 0.491 e. The first kappa shape index (κ1) is 18.9. The zero-order valence-corrected chi connectivity index (χ0v) is 15.0. The monoisotopic (exact) mass is 400 g/mol. The number of nitrogens with zero attached hydrogens (tertiary/aromatic N) is 3. The van der Waals surface area contributed by atoms with Crippen LogP contribution in [0.2, 0.25) is 0 Å². The zero-order chi connectivity index (χ0) is 20.5. The first-order valence-electron chi connectivity index (χ1n) is 8.75. The number of rotatable bonds is 3. The van der Waals surface area contributed by atoms with Gasteiger partial charge in [0.25, 0.3) is 5.91 Å². The molecule has 3 aromatic rings. The minimum Gasteiger partial charge on any atom is -0.491 e. The van der Waals surface area contributed by atoms with Gasteiger partial charge < -0.3 is 10.1 Å². The van der Waals surface area contributed by atoms with Crippen LogP contribution in [-0.2, 0) is 11.7 Å². The molecule has 1 aliphatic heterocycles. The van der Waals surface area contributed by atoms with Crippen molar-refractivity contribution in [3.63, 3.8) is 0 Å². The predicted molar refractivity (Wildman–Crippen MR) is 96.1 cm³/mol. The number of ether oxygens (including phenoxy) is 1. The Kier molecular flexibility index (Phi) is 4.65. The number of pyridine rings is 1. The molecule has 1 aromatic carbocycles. The number of carbonyl (C=O) groups is 1. The highest BCUT2D eigenvalue weighted by Gasteiger charge is 2.43. The maximum absolute atomic E-state index is 13.0. The topological polar surface area (TPSA) is 77.0 Å². The number of benzene rings is 1. The van der Waals surface area contributed by atoms with Crippen molar-refractivity contribution in [2.75, 3.05) is 6.61 Å². The average Bonchev–Trinajstić information content (AvgIpc) is 2.74. The third kappa shape index (κ3) is 3.51. The summed E-state index contributed by atoms with van der Waals surface area (Å²) in [7, 11) is 0. The first-order chi connectivity index (χ1) is 13.9. The smallest absolute Gasteiger partial charge is 0.416 e. The molecular formula is C20H15F3N4O2. The van der Waals surface area contributed by atoms with E-state index in [1.807, 2.05) is 0 Å². The van der Waals surface area contributed by atoms with E-state index in [4.69, 9.17) is 4.74 Å². The Morgan fingerprint density at radius 3 is 2.55 bits per heavy atom. The van der Waals surface area contributed by atoms with Crippen LogP contribution in [-0.4, -0.2) is 27.5 Å². The standard InChI is InChI=1S/C20H15F3N4O2/c21-20(22,23)14-5-3-13(4-6-14)19(27-18(28)15-7-10-24-12-26-15)8-11-29-16-2-1-9-25-17(16)19/h1-7,9-10,12H,8,11H2,(H,27,28). The molecule has 29 heavy (non-hydrogen) atoms. The van der Waals surface area contributed by atoms with Crippen LogP contribution in [0.1, 0.15) is 33.7 Å². The summed E-state index contributed by atoms with van der Waals surface area (Å²) in [6.45, 7) is 0.254. The predicted octanol–water partition coefficient (Wildman–Crippen LogP) is 3.35. The Labute approximate surface area is 163 Å². The fraction of sp³-hybridized carbons (Fsp3) is 0.200. The highest BCUT2D eigenvalue weighted by Crippen LogP contribution is 2.41. The van der Waals surface area contributed by atoms with Crippen molar-refractivity contribution in [2.45, 2.75) is 18.1 Å². The van der Waals surface area contributed by atoms with Gasteiger partial charge in [-0.25, -0.2) is 9.97 Å². The van der Waals surface area contributed by atoms with E-state index in [0.717, 1.165) is 12.1 Å². The molecule has 0 fully saturated rings.